The number of hydrogen-bond acceptors (Lipinski definition) is 4. The third-order valence-corrected chi connectivity index (χ3v) is 3.52. The molecule has 0 unspecified atom stereocenters. The summed E-state index contributed by atoms with van der Waals surface area (Å²) >= 11 is 0. The highest BCUT2D eigenvalue weighted by molar-refractivity contribution is 6.04. The van der Waals surface area contributed by atoms with E-state index in [1.807, 2.05) is 4.90 Å². The molecule has 1 aromatic carbocycles. The molecular formula is C16H15F2N3O2. The Labute approximate surface area is 131 Å². The van der Waals surface area contributed by atoms with Gasteiger partial charge in [0, 0.05) is 30.9 Å². The Bertz CT molecular complexity index is 718. The van der Waals surface area contributed by atoms with Gasteiger partial charge in [-0.1, -0.05) is 0 Å². The van der Waals surface area contributed by atoms with Gasteiger partial charge in [-0.2, -0.15) is 0 Å². The van der Waals surface area contributed by atoms with Gasteiger partial charge in [0.25, 0.3) is 5.91 Å². The van der Waals surface area contributed by atoms with E-state index in [1.54, 1.807) is 6.07 Å². The second-order valence-corrected chi connectivity index (χ2v) is 5.08. The molecule has 1 amide bonds. The van der Waals surface area contributed by atoms with Crippen LogP contribution in [0.25, 0.3) is 0 Å². The van der Waals surface area contributed by atoms with Crippen LogP contribution in [0.15, 0.2) is 36.5 Å². The van der Waals surface area contributed by atoms with Gasteiger partial charge in [-0.15, -0.1) is 0 Å². The maximum Gasteiger partial charge on any atom is 0.255 e. The van der Waals surface area contributed by atoms with Crippen LogP contribution >= 0.6 is 0 Å². The molecule has 1 fully saturated rings. The topological polar surface area (TPSA) is 54.5 Å². The van der Waals surface area contributed by atoms with Crippen molar-refractivity contribution in [1.82, 2.24) is 4.98 Å². The van der Waals surface area contributed by atoms with Crippen molar-refractivity contribution in [2.24, 2.45) is 0 Å². The molecule has 2 heterocycles. The number of halogens is 2. The number of nitrogens with zero attached hydrogens (tertiary/aromatic N) is 2. The zero-order valence-corrected chi connectivity index (χ0v) is 12.3. The molecule has 0 radical (unpaired) electrons. The monoisotopic (exact) mass is 319 g/mol. The Hall–Kier alpha value is -2.54. The van der Waals surface area contributed by atoms with Crippen molar-refractivity contribution in [2.45, 2.75) is 0 Å². The Morgan fingerprint density at radius 2 is 1.96 bits per heavy atom. The van der Waals surface area contributed by atoms with Crippen LogP contribution in [-0.4, -0.2) is 37.2 Å². The van der Waals surface area contributed by atoms with Gasteiger partial charge < -0.3 is 15.0 Å². The van der Waals surface area contributed by atoms with Crippen LogP contribution in [-0.2, 0) is 4.74 Å². The lowest BCUT2D eigenvalue weighted by atomic mass is 10.2. The molecule has 3 rings (SSSR count). The number of nitrogens with one attached hydrogen (secondary N) is 1. The molecule has 120 valence electrons. The molecular weight excluding hydrogens is 304 g/mol. The fourth-order valence-corrected chi connectivity index (χ4v) is 2.31. The summed E-state index contributed by atoms with van der Waals surface area (Å²) in [6.07, 6.45) is 1.52. The molecule has 1 aromatic heterocycles. The molecule has 1 aliphatic heterocycles. The van der Waals surface area contributed by atoms with E-state index in [0.29, 0.717) is 37.7 Å². The second-order valence-electron chi connectivity index (χ2n) is 5.08. The van der Waals surface area contributed by atoms with Gasteiger partial charge in [0.15, 0.2) is 0 Å². The maximum atomic E-state index is 13.6. The molecule has 1 N–H and O–H groups in total. The van der Waals surface area contributed by atoms with Gasteiger partial charge in [0.2, 0.25) is 0 Å². The van der Waals surface area contributed by atoms with Gasteiger partial charge in [0.05, 0.1) is 18.9 Å². The normalized spacial score (nSPS) is 14.6. The lowest BCUT2D eigenvalue weighted by molar-refractivity contribution is 0.102. The van der Waals surface area contributed by atoms with Crippen molar-refractivity contribution in [2.75, 3.05) is 36.5 Å². The van der Waals surface area contributed by atoms with Crippen molar-refractivity contribution in [3.05, 3.63) is 53.7 Å². The predicted molar refractivity (Wildman–Crippen MR) is 81.6 cm³/mol. The molecule has 7 heteroatoms. The van der Waals surface area contributed by atoms with E-state index in [0.717, 1.165) is 18.2 Å². The zero-order chi connectivity index (χ0) is 16.2. The van der Waals surface area contributed by atoms with Gasteiger partial charge in [-0.3, -0.25) is 4.79 Å². The molecule has 0 atom stereocenters. The van der Waals surface area contributed by atoms with Crippen molar-refractivity contribution in [1.29, 1.82) is 0 Å². The van der Waals surface area contributed by atoms with Crippen LogP contribution in [0.2, 0.25) is 0 Å². The van der Waals surface area contributed by atoms with Crippen molar-refractivity contribution in [3.63, 3.8) is 0 Å². The zero-order valence-electron chi connectivity index (χ0n) is 12.3. The van der Waals surface area contributed by atoms with E-state index in [9.17, 15) is 13.6 Å². The maximum absolute atomic E-state index is 13.6. The summed E-state index contributed by atoms with van der Waals surface area (Å²) in [5.41, 5.74) is 0.130. The molecule has 1 aliphatic rings. The summed E-state index contributed by atoms with van der Waals surface area (Å²) in [5, 5.41) is 2.37. The van der Waals surface area contributed by atoms with Crippen LogP contribution in [0, 0.1) is 11.6 Å². The number of aromatic nitrogens is 1. The van der Waals surface area contributed by atoms with Crippen LogP contribution in [0.4, 0.5) is 20.3 Å². The molecule has 0 saturated carbocycles. The van der Waals surface area contributed by atoms with Gasteiger partial charge in [-0.05, 0) is 24.3 Å². The number of pyridine rings is 1. The average Bonchev–Trinajstić information content (AvgIpc) is 2.59. The highest BCUT2D eigenvalue weighted by atomic mass is 19.1. The number of carbonyl (C=O) groups excluding carboxylic acids is 1. The first kappa shape index (κ1) is 15.4. The van der Waals surface area contributed by atoms with Crippen LogP contribution in [0.3, 0.4) is 0 Å². The molecule has 0 aliphatic carbocycles. The quantitative estimate of drug-likeness (QED) is 0.944. The number of ether oxygens (including phenoxy) is 1. The highest BCUT2D eigenvalue weighted by Crippen LogP contribution is 2.18. The standard InChI is InChI=1S/C16H15F2N3O2/c17-12-1-2-13(18)14(10-12)20-16(22)11-3-4-19-15(9-11)21-5-7-23-8-6-21/h1-4,9-10H,5-8H2,(H,20,22). The van der Waals surface area contributed by atoms with E-state index in [1.165, 1.54) is 12.3 Å². The number of benzene rings is 1. The van der Waals surface area contributed by atoms with Gasteiger partial charge in [0.1, 0.15) is 17.5 Å². The van der Waals surface area contributed by atoms with Crippen LogP contribution in [0.1, 0.15) is 10.4 Å². The SMILES string of the molecule is O=C(Nc1cc(F)ccc1F)c1ccnc(N2CCOCC2)c1. The Kier molecular flexibility index (Phi) is 4.47. The first-order valence-corrected chi connectivity index (χ1v) is 7.18. The molecule has 5 nitrogen and oxygen atoms in total. The van der Waals surface area contributed by atoms with Gasteiger partial charge >= 0.3 is 0 Å². The fraction of sp³-hybridized carbons (Fsp3) is 0.250. The summed E-state index contributed by atoms with van der Waals surface area (Å²) in [6, 6.07) is 6.05. The summed E-state index contributed by atoms with van der Waals surface area (Å²) in [5.74, 6) is -1.18. The lowest BCUT2D eigenvalue weighted by Crippen LogP contribution is -2.36. The summed E-state index contributed by atoms with van der Waals surface area (Å²) in [6.45, 7) is 2.59. The lowest BCUT2D eigenvalue weighted by Gasteiger charge is -2.27. The minimum absolute atomic E-state index is 0.195. The molecule has 0 bridgehead atoms. The van der Waals surface area contributed by atoms with E-state index in [4.69, 9.17) is 4.74 Å². The minimum atomic E-state index is -0.692. The average molecular weight is 319 g/mol. The first-order valence-electron chi connectivity index (χ1n) is 7.18. The van der Waals surface area contributed by atoms with Crippen LogP contribution in [0.5, 0.6) is 0 Å². The molecule has 23 heavy (non-hydrogen) atoms. The Morgan fingerprint density at radius 1 is 1.17 bits per heavy atom. The number of hydrogen-bond donors (Lipinski definition) is 1. The number of carbonyl (C=O) groups is 1. The number of morpholine rings is 1. The predicted octanol–water partition coefficient (Wildman–Crippen LogP) is 2.45. The van der Waals surface area contributed by atoms with Crippen LogP contribution < -0.4 is 10.2 Å². The smallest absolute Gasteiger partial charge is 0.255 e. The third kappa shape index (κ3) is 3.62. The van der Waals surface area contributed by atoms with Crippen molar-refractivity contribution >= 4 is 17.4 Å². The summed E-state index contributed by atoms with van der Waals surface area (Å²) < 4.78 is 32.0. The van der Waals surface area contributed by atoms with E-state index in [-0.39, 0.29) is 5.69 Å². The van der Waals surface area contributed by atoms with E-state index >= 15 is 0 Å². The van der Waals surface area contributed by atoms with E-state index in [2.05, 4.69) is 10.3 Å². The number of anilines is 2. The second kappa shape index (κ2) is 6.70. The molecule has 1 saturated heterocycles. The Morgan fingerprint density at radius 3 is 2.74 bits per heavy atom. The highest BCUT2D eigenvalue weighted by Gasteiger charge is 2.15. The third-order valence-electron chi connectivity index (χ3n) is 3.52. The molecule has 0 spiro atoms. The minimum Gasteiger partial charge on any atom is -0.378 e. The number of rotatable bonds is 3. The molecule has 2 aromatic rings. The summed E-state index contributed by atoms with van der Waals surface area (Å²) in [4.78, 5) is 18.5. The van der Waals surface area contributed by atoms with E-state index < -0.39 is 17.5 Å². The summed E-state index contributed by atoms with van der Waals surface area (Å²) in [7, 11) is 0. The van der Waals surface area contributed by atoms with Crippen molar-refractivity contribution < 1.29 is 18.3 Å². The fourth-order valence-electron chi connectivity index (χ4n) is 2.31. The Balaban J connectivity index is 1.78. The van der Waals surface area contributed by atoms with Gasteiger partial charge in [-0.25, -0.2) is 13.8 Å². The number of amides is 1. The van der Waals surface area contributed by atoms with Crippen molar-refractivity contribution in [3.8, 4) is 0 Å². The largest absolute Gasteiger partial charge is 0.378 e. The first-order chi connectivity index (χ1) is 11.1.